The van der Waals surface area contributed by atoms with Gasteiger partial charge in [0.05, 0.1) is 25.8 Å². The first-order valence-electron chi connectivity index (χ1n) is 17.5. The third-order valence-corrected chi connectivity index (χ3v) is 10.6. The van der Waals surface area contributed by atoms with Gasteiger partial charge in [0.1, 0.15) is 28.1 Å². The molecule has 4 aromatic rings. The molecule has 4 aliphatic rings. The molecule has 5 heterocycles. The van der Waals surface area contributed by atoms with Gasteiger partial charge in [0, 0.05) is 24.7 Å². The second kappa shape index (κ2) is 16.0. The van der Waals surface area contributed by atoms with Crippen LogP contribution in [0.15, 0.2) is 79.3 Å². The molecule has 2 atom stereocenters. The van der Waals surface area contributed by atoms with Crippen LogP contribution >= 0.6 is 23.2 Å². The van der Waals surface area contributed by atoms with E-state index in [0.717, 1.165) is 50.9 Å². The standard InChI is InChI=1S/C39H40Cl2N4O7/c1-49-33-12-11-29(18-35(33)50-24-26-5-6-26)34(19-30-31(40)21-44(48)22-32(30)41)51-38(46)28-9-7-25(8-10-28)20-45(37-4-2-3-15-42-37)39(47)52-36-23-43-16-13-27(36)14-17-43/h2-4,7-12,15,18,21-22,26-27,34,36H,5-6,13-14,16-17,19-20,23-24H2,1H3/t34-,36-/m0/s1. The van der Waals surface area contributed by atoms with Crippen LogP contribution in [0.1, 0.15) is 58.8 Å². The molecule has 3 aliphatic heterocycles. The fourth-order valence-electron chi connectivity index (χ4n) is 6.75. The Morgan fingerprint density at radius 1 is 1.00 bits per heavy atom. The van der Waals surface area contributed by atoms with Crippen LogP contribution in [0.25, 0.3) is 0 Å². The fourth-order valence-corrected chi connectivity index (χ4v) is 7.35. The molecule has 4 fully saturated rings. The zero-order valence-electron chi connectivity index (χ0n) is 28.8. The quantitative estimate of drug-likeness (QED) is 0.0796. The molecule has 0 radical (unpaired) electrons. The van der Waals surface area contributed by atoms with Gasteiger partial charge < -0.3 is 24.2 Å². The third kappa shape index (κ3) is 8.54. The van der Waals surface area contributed by atoms with E-state index in [1.54, 1.807) is 67.9 Å². The predicted octanol–water partition coefficient (Wildman–Crippen LogP) is 7.20. The first-order valence-corrected chi connectivity index (χ1v) is 18.3. The number of hydrogen-bond donors (Lipinski definition) is 0. The summed E-state index contributed by atoms with van der Waals surface area (Å²) in [6.07, 6.45) is 6.99. The van der Waals surface area contributed by atoms with Crippen molar-refractivity contribution in [2.75, 3.05) is 38.3 Å². The van der Waals surface area contributed by atoms with Crippen molar-refractivity contribution in [3.8, 4) is 11.5 Å². The van der Waals surface area contributed by atoms with Crippen LogP contribution in [0.4, 0.5) is 10.6 Å². The number of benzene rings is 2. The van der Waals surface area contributed by atoms with Crippen LogP contribution in [0, 0.1) is 17.0 Å². The number of carbonyl (C=O) groups is 2. The van der Waals surface area contributed by atoms with Crippen molar-refractivity contribution in [2.24, 2.45) is 11.8 Å². The summed E-state index contributed by atoms with van der Waals surface area (Å²) in [5.74, 6) is 1.85. The van der Waals surface area contributed by atoms with E-state index < -0.39 is 18.2 Å². The smallest absolute Gasteiger partial charge is 0.416 e. The maximum atomic E-state index is 13.7. The molecule has 8 rings (SSSR count). The highest BCUT2D eigenvalue weighted by molar-refractivity contribution is 6.35. The van der Waals surface area contributed by atoms with Crippen molar-refractivity contribution < 1.29 is 33.3 Å². The Bertz CT molecular complexity index is 1860. The lowest BCUT2D eigenvalue weighted by atomic mass is 9.86. The van der Waals surface area contributed by atoms with Gasteiger partial charge in [0.2, 0.25) is 0 Å². The second-order valence-corrected chi connectivity index (χ2v) is 14.4. The zero-order chi connectivity index (χ0) is 36.2. The number of carbonyl (C=O) groups excluding carboxylic acids is 2. The minimum Gasteiger partial charge on any atom is -0.619 e. The number of aromatic nitrogens is 2. The first kappa shape index (κ1) is 35.8. The highest BCUT2D eigenvalue weighted by Crippen LogP contribution is 2.37. The SMILES string of the molecule is COc1ccc([C@H](Cc2c(Cl)c[n+]([O-])cc2Cl)OC(=O)c2ccc(CN(C(=O)O[C@H]3CN4CCC3CC4)c3ccccn3)cc2)cc1OCC1CC1. The number of fused-ring (bicyclic) bond motifs is 3. The number of ether oxygens (including phenoxy) is 4. The number of nitrogens with zero attached hydrogens (tertiary/aromatic N) is 4. The summed E-state index contributed by atoms with van der Waals surface area (Å²) in [7, 11) is 1.57. The van der Waals surface area contributed by atoms with Gasteiger partial charge in [0.25, 0.3) is 0 Å². The van der Waals surface area contributed by atoms with Crippen LogP contribution in [0.5, 0.6) is 11.5 Å². The molecule has 2 bridgehead atoms. The molecule has 1 saturated carbocycles. The lowest BCUT2D eigenvalue weighted by Crippen LogP contribution is -2.53. The van der Waals surface area contributed by atoms with Crippen LogP contribution < -0.4 is 19.1 Å². The van der Waals surface area contributed by atoms with E-state index in [9.17, 15) is 14.8 Å². The van der Waals surface area contributed by atoms with Gasteiger partial charge in [-0.3, -0.25) is 9.80 Å². The van der Waals surface area contributed by atoms with E-state index in [1.807, 2.05) is 6.07 Å². The largest absolute Gasteiger partial charge is 0.619 e. The molecule has 2 aromatic heterocycles. The highest BCUT2D eigenvalue weighted by atomic mass is 35.5. The lowest BCUT2D eigenvalue weighted by molar-refractivity contribution is -0.605. The van der Waals surface area contributed by atoms with Gasteiger partial charge in [-0.15, -0.1) is 0 Å². The molecule has 52 heavy (non-hydrogen) atoms. The summed E-state index contributed by atoms with van der Waals surface area (Å²) in [4.78, 5) is 35.6. The van der Waals surface area contributed by atoms with E-state index >= 15 is 0 Å². The van der Waals surface area contributed by atoms with Gasteiger partial charge in [-0.1, -0.05) is 47.5 Å². The van der Waals surface area contributed by atoms with Gasteiger partial charge in [0.15, 0.2) is 23.9 Å². The van der Waals surface area contributed by atoms with Crippen molar-refractivity contribution in [1.29, 1.82) is 0 Å². The lowest BCUT2D eigenvalue weighted by Gasteiger charge is -2.44. The Balaban J connectivity index is 1.09. The fraction of sp³-hybridized carbons (Fsp3) is 0.385. The van der Waals surface area contributed by atoms with E-state index in [2.05, 4.69) is 9.88 Å². The number of anilines is 1. The van der Waals surface area contributed by atoms with Gasteiger partial charge in [-0.25, -0.2) is 14.6 Å². The van der Waals surface area contributed by atoms with E-state index in [0.29, 0.717) is 57.2 Å². The topological polar surface area (TPSA) is 117 Å². The molecule has 0 spiro atoms. The minimum absolute atomic E-state index is 0.0947. The van der Waals surface area contributed by atoms with E-state index in [-0.39, 0.29) is 29.1 Å². The summed E-state index contributed by atoms with van der Waals surface area (Å²) >= 11 is 12.9. The number of halogens is 2. The molecule has 0 unspecified atom stereocenters. The second-order valence-electron chi connectivity index (χ2n) is 13.6. The number of piperidine rings is 3. The molecule has 2 aromatic carbocycles. The summed E-state index contributed by atoms with van der Waals surface area (Å²) in [5, 5.41) is 12.3. The zero-order valence-corrected chi connectivity index (χ0v) is 30.3. The number of methoxy groups -OCH3 is 1. The summed E-state index contributed by atoms with van der Waals surface area (Å²) in [6, 6.07) is 17.6. The summed E-state index contributed by atoms with van der Waals surface area (Å²) < 4.78 is 24.3. The number of amides is 1. The molecule has 1 aliphatic carbocycles. The first-order chi connectivity index (χ1) is 25.2. The molecule has 0 N–H and O–H groups in total. The van der Waals surface area contributed by atoms with Crippen molar-refractivity contribution in [3.63, 3.8) is 0 Å². The van der Waals surface area contributed by atoms with Crippen molar-refractivity contribution >= 4 is 41.1 Å². The Morgan fingerprint density at radius 3 is 2.38 bits per heavy atom. The number of esters is 1. The third-order valence-electron chi connectivity index (χ3n) is 9.95. The van der Waals surface area contributed by atoms with Crippen molar-refractivity contribution in [3.05, 3.63) is 117 Å². The van der Waals surface area contributed by atoms with Crippen LogP contribution in [-0.4, -0.2) is 61.4 Å². The maximum Gasteiger partial charge on any atom is 0.416 e. The summed E-state index contributed by atoms with van der Waals surface area (Å²) in [6.45, 7) is 3.59. The highest BCUT2D eigenvalue weighted by Gasteiger charge is 2.37. The number of pyridine rings is 2. The maximum absolute atomic E-state index is 13.7. The van der Waals surface area contributed by atoms with Gasteiger partial charge in [-0.05, 0) is 98.1 Å². The monoisotopic (exact) mass is 746 g/mol. The van der Waals surface area contributed by atoms with Crippen molar-refractivity contribution in [2.45, 2.75) is 50.9 Å². The molecule has 11 nitrogen and oxygen atoms in total. The minimum atomic E-state index is -0.848. The van der Waals surface area contributed by atoms with Crippen LogP contribution in [-0.2, 0) is 22.4 Å². The van der Waals surface area contributed by atoms with Crippen LogP contribution in [0.2, 0.25) is 10.0 Å². The summed E-state index contributed by atoms with van der Waals surface area (Å²) in [5.41, 5.74) is 2.16. The Labute approximate surface area is 312 Å². The molecular formula is C39H40Cl2N4O7. The Hall–Kier alpha value is -4.58. The van der Waals surface area contributed by atoms with E-state index in [4.69, 9.17) is 42.1 Å². The average Bonchev–Trinajstić information content (AvgIpc) is 3.99. The molecule has 272 valence electrons. The molecule has 1 amide bonds. The number of rotatable bonds is 13. The average molecular weight is 748 g/mol. The molecular weight excluding hydrogens is 707 g/mol. The van der Waals surface area contributed by atoms with Crippen molar-refractivity contribution in [1.82, 2.24) is 9.88 Å². The molecule has 13 heteroatoms. The predicted molar refractivity (Wildman–Crippen MR) is 195 cm³/mol. The van der Waals surface area contributed by atoms with Crippen LogP contribution in [0.3, 0.4) is 0 Å². The van der Waals surface area contributed by atoms with Gasteiger partial charge >= 0.3 is 12.1 Å². The Kier molecular flexibility index (Phi) is 11.0. The Morgan fingerprint density at radius 2 is 1.75 bits per heavy atom. The normalized spacial score (nSPS) is 19.8. The van der Waals surface area contributed by atoms with E-state index in [1.165, 1.54) is 17.3 Å². The van der Waals surface area contributed by atoms with Gasteiger partial charge in [-0.2, -0.15) is 4.73 Å². The number of hydrogen-bond acceptors (Lipinski definition) is 9. The molecule has 3 saturated heterocycles.